The lowest BCUT2D eigenvalue weighted by Crippen LogP contribution is -2.44. The molecule has 3 heterocycles. The van der Waals surface area contributed by atoms with Crippen molar-refractivity contribution >= 4 is 17.5 Å². The van der Waals surface area contributed by atoms with Crippen molar-refractivity contribution in [3.63, 3.8) is 0 Å². The first-order valence-electron chi connectivity index (χ1n) is 9.34. The fourth-order valence-electron chi connectivity index (χ4n) is 3.01. The monoisotopic (exact) mass is 373 g/mol. The molecule has 1 fully saturated rings. The number of aromatic amines is 1. The molecule has 0 saturated carbocycles. The topological polar surface area (TPSA) is 73.0 Å². The molecule has 0 aliphatic carbocycles. The Kier molecular flexibility index (Phi) is 5.22. The highest BCUT2D eigenvalue weighted by atomic mass is 15.3. The van der Waals surface area contributed by atoms with Crippen molar-refractivity contribution in [2.24, 2.45) is 0 Å². The summed E-state index contributed by atoms with van der Waals surface area (Å²) in [6, 6.07) is 13.8. The lowest BCUT2D eigenvalue weighted by atomic mass is 10.2. The number of aryl methyl sites for hydroxylation is 1. The van der Waals surface area contributed by atoms with E-state index < -0.39 is 0 Å². The van der Waals surface area contributed by atoms with E-state index >= 15 is 0 Å². The number of aromatic nitrogens is 4. The van der Waals surface area contributed by atoms with Gasteiger partial charge in [0.05, 0.1) is 0 Å². The number of benzene rings is 1. The molecule has 2 N–H and O–H groups in total. The van der Waals surface area contributed by atoms with Crippen LogP contribution in [-0.2, 0) is 0 Å². The third-order valence-corrected chi connectivity index (χ3v) is 4.59. The first-order valence-corrected chi connectivity index (χ1v) is 9.34. The summed E-state index contributed by atoms with van der Waals surface area (Å²) < 4.78 is 0. The van der Waals surface area contributed by atoms with E-state index in [1.54, 1.807) is 0 Å². The minimum absolute atomic E-state index is 0.495. The zero-order valence-corrected chi connectivity index (χ0v) is 16.1. The Morgan fingerprint density at radius 3 is 2.46 bits per heavy atom. The van der Waals surface area contributed by atoms with Crippen LogP contribution in [0.15, 0.2) is 42.5 Å². The summed E-state index contributed by atoms with van der Waals surface area (Å²) in [5.74, 6) is 9.04. The smallest absolute Gasteiger partial charge is 0.209 e. The molecule has 1 aliphatic rings. The van der Waals surface area contributed by atoms with E-state index in [1.807, 2.05) is 49.4 Å². The van der Waals surface area contributed by atoms with Crippen LogP contribution in [0.1, 0.15) is 17.1 Å². The van der Waals surface area contributed by atoms with Crippen molar-refractivity contribution in [2.45, 2.75) is 6.92 Å². The van der Waals surface area contributed by atoms with Gasteiger partial charge in [-0.15, -0.1) is 0 Å². The predicted molar refractivity (Wildman–Crippen MR) is 111 cm³/mol. The number of nitrogens with one attached hydrogen (secondary N) is 2. The number of H-pyrrole nitrogens is 1. The van der Waals surface area contributed by atoms with Crippen LogP contribution in [0.5, 0.6) is 0 Å². The summed E-state index contributed by atoms with van der Waals surface area (Å²) in [5, 5.41) is 10.4. The molecule has 0 radical (unpaired) electrons. The molecule has 0 unspecified atom stereocenters. The molecule has 0 atom stereocenters. The van der Waals surface area contributed by atoms with Crippen molar-refractivity contribution in [2.75, 3.05) is 43.4 Å². The molecule has 142 valence electrons. The Balaban J connectivity index is 1.65. The first kappa shape index (κ1) is 18.0. The summed E-state index contributed by atoms with van der Waals surface area (Å²) in [4.78, 5) is 13.9. The van der Waals surface area contributed by atoms with Crippen LogP contribution in [-0.4, -0.2) is 58.3 Å². The summed E-state index contributed by atoms with van der Waals surface area (Å²) in [6.07, 6.45) is 0. The summed E-state index contributed by atoms with van der Waals surface area (Å²) in [7, 11) is 2.14. The lowest BCUT2D eigenvalue weighted by molar-refractivity contribution is 0.312. The number of piperazine rings is 1. The first-order chi connectivity index (χ1) is 13.7. The number of hydrogen-bond acceptors (Lipinski definition) is 6. The molecular weight excluding hydrogens is 350 g/mol. The number of nitrogens with zero attached hydrogens (tertiary/aromatic N) is 5. The van der Waals surface area contributed by atoms with Gasteiger partial charge < -0.3 is 15.1 Å². The van der Waals surface area contributed by atoms with Gasteiger partial charge in [0.15, 0.2) is 5.82 Å². The van der Waals surface area contributed by atoms with Crippen LogP contribution in [0.3, 0.4) is 0 Å². The van der Waals surface area contributed by atoms with Gasteiger partial charge in [-0.25, -0.2) is 9.97 Å². The van der Waals surface area contributed by atoms with Crippen LogP contribution >= 0.6 is 0 Å². The molecule has 1 aliphatic heterocycles. The summed E-state index contributed by atoms with van der Waals surface area (Å²) in [6.45, 7) is 5.84. The van der Waals surface area contributed by atoms with E-state index in [0.29, 0.717) is 11.6 Å². The third kappa shape index (κ3) is 4.48. The third-order valence-electron chi connectivity index (χ3n) is 4.59. The Morgan fingerprint density at radius 1 is 0.964 bits per heavy atom. The quantitative estimate of drug-likeness (QED) is 0.687. The number of likely N-dealkylation sites (N-methyl/N-ethyl adjacent to an activating group) is 1. The summed E-state index contributed by atoms with van der Waals surface area (Å²) >= 11 is 0. The number of hydrogen-bond donors (Lipinski definition) is 2. The average Bonchev–Trinajstić information content (AvgIpc) is 3.12. The largest absolute Gasteiger partial charge is 0.354 e. The van der Waals surface area contributed by atoms with Gasteiger partial charge in [-0.2, -0.15) is 5.10 Å². The van der Waals surface area contributed by atoms with Crippen molar-refractivity contribution in [3.05, 3.63) is 59.5 Å². The number of anilines is 3. The zero-order valence-electron chi connectivity index (χ0n) is 16.1. The Morgan fingerprint density at radius 2 is 1.75 bits per heavy atom. The highest BCUT2D eigenvalue weighted by Gasteiger charge is 2.17. The SMILES string of the molecule is Cc1cc(Nc2cc(N3CCN(C)CC3)nc(C#Cc3ccccc3)n2)n[nH]1. The molecule has 1 aromatic carbocycles. The van der Waals surface area contributed by atoms with Crippen LogP contribution in [0, 0.1) is 18.8 Å². The van der Waals surface area contributed by atoms with Gasteiger partial charge in [-0.3, -0.25) is 5.10 Å². The molecule has 28 heavy (non-hydrogen) atoms. The normalized spacial score (nSPS) is 14.4. The van der Waals surface area contributed by atoms with Gasteiger partial charge in [0, 0.05) is 49.6 Å². The minimum Gasteiger partial charge on any atom is -0.354 e. The van der Waals surface area contributed by atoms with Gasteiger partial charge in [0.25, 0.3) is 0 Å². The molecule has 4 rings (SSSR count). The maximum atomic E-state index is 4.70. The minimum atomic E-state index is 0.495. The van der Waals surface area contributed by atoms with E-state index in [4.69, 9.17) is 4.98 Å². The van der Waals surface area contributed by atoms with Crippen molar-refractivity contribution < 1.29 is 0 Å². The Labute approximate surface area is 164 Å². The molecule has 7 nitrogen and oxygen atoms in total. The van der Waals surface area contributed by atoms with Crippen molar-refractivity contribution in [3.8, 4) is 11.8 Å². The van der Waals surface area contributed by atoms with E-state index in [-0.39, 0.29) is 0 Å². The fraction of sp³-hybridized carbons (Fsp3) is 0.286. The maximum Gasteiger partial charge on any atom is 0.209 e. The molecule has 0 amide bonds. The van der Waals surface area contributed by atoms with E-state index in [0.717, 1.165) is 49.1 Å². The van der Waals surface area contributed by atoms with Crippen molar-refractivity contribution in [1.82, 2.24) is 25.1 Å². The van der Waals surface area contributed by atoms with Crippen LogP contribution in [0.2, 0.25) is 0 Å². The average molecular weight is 373 g/mol. The zero-order chi connectivity index (χ0) is 19.3. The van der Waals surface area contributed by atoms with Crippen LogP contribution < -0.4 is 10.2 Å². The molecule has 7 heteroatoms. The Hall–Kier alpha value is -3.37. The predicted octanol–water partition coefficient (Wildman–Crippen LogP) is 2.40. The van der Waals surface area contributed by atoms with Crippen molar-refractivity contribution in [1.29, 1.82) is 0 Å². The van der Waals surface area contributed by atoms with Crippen LogP contribution in [0.4, 0.5) is 17.5 Å². The van der Waals surface area contributed by atoms with Gasteiger partial charge in [-0.05, 0) is 32.0 Å². The molecule has 2 aromatic heterocycles. The molecule has 0 bridgehead atoms. The Bertz CT molecular complexity index is 992. The van der Waals surface area contributed by atoms with Gasteiger partial charge in [-0.1, -0.05) is 24.1 Å². The maximum absolute atomic E-state index is 4.70. The molecule has 0 spiro atoms. The lowest BCUT2D eigenvalue weighted by Gasteiger charge is -2.33. The second-order valence-corrected chi connectivity index (χ2v) is 6.90. The van der Waals surface area contributed by atoms with E-state index in [2.05, 4.69) is 49.2 Å². The van der Waals surface area contributed by atoms with Gasteiger partial charge in [0.1, 0.15) is 11.6 Å². The summed E-state index contributed by atoms with van der Waals surface area (Å²) in [5.41, 5.74) is 1.92. The van der Waals surface area contributed by atoms with E-state index in [1.165, 1.54) is 0 Å². The highest BCUT2D eigenvalue weighted by molar-refractivity contribution is 5.58. The standard InChI is InChI=1S/C21H23N7/c1-16-14-20(26-25-16)23-19-15-21(28-12-10-27(2)11-13-28)24-18(22-19)9-8-17-6-4-3-5-7-17/h3-7,14-15H,10-13H2,1-2H3,(H2,22,23,24,25,26). The van der Waals surface area contributed by atoms with Crippen LogP contribution in [0.25, 0.3) is 0 Å². The van der Waals surface area contributed by atoms with Gasteiger partial charge >= 0.3 is 0 Å². The van der Waals surface area contributed by atoms with Gasteiger partial charge in [0.2, 0.25) is 5.82 Å². The second kappa shape index (κ2) is 8.11. The fourth-order valence-corrected chi connectivity index (χ4v) is 3.01. The highest BCUT2D eigenvalue weighted by Crippen LogP contribution is 2.20. The second-order valence-electron chi connectivity index (χ2n) is 6.90. The molecule has 1 saturated heterocycles. The molecule has 3 aromatic rings. The molecular formula is C21H23N7. The number of rotatable bonds is 3. The van der Waals surface area contributed by atoms with E-state index in [9.17, 15) is 0 Å².